The van der Waals surface area contributed by atoms with Gasteiger partial charge in [0.05, 0.1) is 0 Å². The molecule has 0 radical (unpaired) electrons. The molecule has 0 unspecified atom stereocenters. The highest BCUT2D eigenvalue weighted by atomic mass is 16.2. The average Bonchev–Trinajstić information content (AvgIpc) is 2.46. The Kier molecular flexibility index (Phi) is 5.22. The van der Waals surface area contributed by atoms with Crippen LogP contribution in [0.3, 0.4) is 0 Å². The van der Waals surface area contributed by atoms with Gasteiger partial charge in [-0.05, 0) is 48.2 Å². The van der Waals surface area contributed by atoms with E-state index in [1.807, 2.05) is 18.2 Å². The van der Waals surface area contributed by atoms with E-state index in [0.717, 1.165) is 24.8 Å². The molecule has 0 amide bonds. The van der Waals surface area contributed by atoms with Crippen LogP contribution >= 0.6 is 0 Å². The molecule has 2 rings (SSSR count). The van der Waals surface area contributed by atoms with Gasteiger partial charge in [-0.1, -0.05) is 48.2 Å². The lowest BCUT2D eigenvalue weighted by Crippen LogP contribution is -1.79. The first-order chi connectivity index (χ1) is 9.40. The fourth-order valence-corrected chi connectivity index (χ4v) is 1.91. The molecule has 0 atom stereocenters. The van der Waals surface area contributed by atoms with E-state index in [4.69, 9.17) is 5.11 Å². The van der Waals surface area contributed by atoms with Gasteiger partial charge in [-0.15, -0.1) is 0 Å². The van der Waals surface area contributed by atoms with Gasteiger partial charge in [-0.25, -0.2) is 0 Å². The number of rotatable bonds is 4. The third-order valence-electron chi connectivity index (χ3n) is 2.95. The van der Waals surface area contributed by atoms with Crippen molar-refractivity contribution in [1.82, 2.24) is 0 Å². The van der Waals surface area contributed by atoms with Crippen LogP contribution in [0, 0.1) is 11.8 Å². The Bertz CT molecular complexity index is 614. The van der Waals surface area contributed by atoms with Gasteiger partial charge in [0.15, 0.2) is 0 Å². The quantitative estimate of drug-likeness (QED) is 0.644. The highest BCUT2D eigenvalue weighted by Gasteiger charge is 1.92. The van der Waals surface area contributed by atoms with E-state index in [1.54, 1.807) is 0 Å². The van der Waals surface area contributed by atoms with Crippen LogP contribution in [-0.2, 0) is 0 Å². The minimum atomic E-state index is 0.274. The molecule has 2 aromatic rings. The van der Waals surface area contributed by atoms with E-state index in [1.165, 1.54) is 10.8 Å². The first-order valence-corrected chi connectivity index (χ1v) is 6.66. The van der Waals surface area contributed by atoms with Crippen molar-refractivity contribution in [2.75, 3.05) is 6.61 Å². The first kappa shape index (κ1) is 13.4. The molecule has 0 saturated carbocycles. The van der Waals surface area contributed by atoms with E-state index in [0.29, 0.717) is 0 Å². The zero-order chi connectivity index (χ0) is 13.3. The molecule has 2 aromatic carbocycles. The molecular weight excluding hydrogens is 232 g/mol. The minimum Gasteiger partial charge on any atom is -0.396 e. The zero-order valence-corrected chi connectivity index (χ0v) is 11.0. The van der Waals surface area contributed by atoms with Crippen molar-refractivity contribution in [3.05, 3.63) is 60.2 Å². The Balaban J connectivity index is 1.98. The standard InChI is InChI=1S/C18H18O/c19-14-8-4-2-1-3-5-9-16-12-13-17-10-6-7-11-18(17)15-16/h1,3,6-7,10-13,15,19H,2,4,8,14H2/b3-1+. The number of aliphatic hydroxyl groups excluding tert-OH is 1. The van der Waals surface area contributed by atoms with Crippen molar-refractivity contribution in [2.24, 2.45) is 0 Å². The van der Waals surface area contributed by atoms with Gasteiger partial charge in [0, 0.05) is 12.2 Å². The molecule has 19 heavy (non-hydrogen) atoms. The summed E-state index contributed by atoms with van der Waals surface area (Å²) < 4.78 is 0. The second-order valence-corrected chi connectivity index (χ2v) is 4.45. The molecule has 0 saturated heterocycles. The molecule has 0 aliphatic carbocycles. The maximum absolute atomic E-state index is 8.65. The summed E-state index contributed by atoms with van der Waals surface area (Å²) in [6, 6.07) is 14.6. The van der Waals surface area contributed by atoms with Gasteiger partial charge in [-0.2, -0.15) is 0 Å². The molecule has 0 aromatic heterocycles. The van der Waals surface area contributed by atoms with Crippen LogP contribution in [0.5, 0.6) is 0 Å². The Morgan fingerprint density at radius 2 is 1.84 bits per heavy atom. The number of allylic oxidation sites excluding steroid dienone is 2. The van der Waals surface area contributed by atoms with Gasteiger partial charge in [-0.3, -0.25) is 0 Å². The lowest BCUT2D eigenvalue weighted by atomic mass is 10.1. The van der Waals surface area contributed by atoms with Crippen LogP contribution in [-0.4, -0.2) is 11.7 Å². The third-order valence-corrected chi connectivity index (χ3v) is 2.95. The van der Waals surface area contributed by atoms with Crippen LogP contribution in [0.2, 0.25) is 0 Å². The largest absolute Gasteiger partial charge is 0.396 e. The van der Waals surface area contributed by atoms with Crippen LogP contribution in [0.4, 0.5) is 0 Å². The fourth-order valence-electron chi connectivity index (χ4n) is 1.91. The van der Waals surface area contributed by atoms with E-state index < -0.39 is 0 Å². The van der Waals surface area contributed by atoms with Crippen LogP contribution < -0.4 is 0 Å². The summed E-state index contributed by atoms with van der Waals surface area (Å²) in [5.41, 5.74) is 1.04. The summed E-state index contributed by atoms with van der Waals surface area (Å²) in [4.78, 5) is 0. The summed E-state index contributed by atoms with van der Waals surface area (Å²) >= 11 is 0. The lowest BCUT2D eigenvalue weighted by molar-refractivity contribution is 0.285. The summed E-state index contributed by atoms with van der Waals surface area (Å²) in [5.74, 6) is 6.19. The van der Waals surface area contributed by atoms with Gasteiger partial charge < -0.3 is 5.11 Å². The summed E-state index contributed by atoms with van der Waals surface area (Å²) in [5, 5.41) is 11.1. The molecular formula is C18H18O. The van der Waals surface area contributed by atoms with Gasteiger partial charge in [0.25, 0.3) is 0 Å². The highest BCUT2D eigenvalue weighted by Crippen LogP contribution is 2.14. The summed E-state index contributed by atoms with van der Waals surface area (Å²) in [7, 11) is 0. The van der Waals surface area contributed by atoms with Crippen LogP contribution in [0.1, 0.15) is 24.8 Å². The molecule has 96 valence electrons. The van der Waals surface area contributed by atoms with Crippen LogP contribution in [0.15, 0.2) is 54.6 Å². The smallest absolute Gasteiger partial charge is 0.0431 e. The topological polar surface area (TPSA) is 20.2 Å². The normalized spacial score (nSPS) is 10.6. The molecule has 0 bridgehead atoms. The molecule has 1 nitrogen and oxygen atoms in total. The van der Waals surface area contributed by atoms with E-state index in [-0.39, 0.29) is 6.61 Å². The monoisotopic (exact) mass is 250 g/mol. The van der Waals surface area contributed by atoms with Crippen molar-refractivity contribution in [3.8, 4) is 11.8 Å². The Hall–Kier alpha value is -2.04. The summed E-state index contributed by atoms with van der Waals surface area (Å²) in [6.45, 7) is 0.274. The Labute approximate surface area is 114 Å². The zero-order valence-electron chi connectivity index (χ0n) is 11.0. The van der Waals surface area contributed by atoms with Crippen molar-refractivity contribution in [1.29, 1.82) is 0 Å². The predicted octanol–water partition coefficient (Wildman–Crippen LogP) is 3.91. The highest BCUT2D eigenvalue weighted by molar-refractivity contribution is 5.83. The van der Waals surface area contributed by atoms with E-state index >= 15 is 0 Å². The van der Waals surface area contributed by atoms with Crippen LogP contribution in [0.25, 0.3) is 10.8 Å². The maximum atomic E-state index is 8.65. The molecule has 0 aliphatic heterocycles. The predicted molar refractivity (Wildman–Crippen MR) is 80.9 cm³/mol. The van der Waals surface area contributed by atoms with Crippen molar-refractivity contribution >= 4 is 10.8 Å². The number of fused-ring (bicyclic) bond motifs is 1. The number of hydrogen-bond acceptors (Lipinski definition) is 1. The SMILES string of the molecule is OCCCC/C=C/C#Cc1ccc2ccccc2c1. The van der Waals surface area contributed by atoms with E-state index in [2.05, 4.69) is 48.2 Å². The summed E-state index contributed by atoms with van der Waals surface area (Å²) in [6.07, 6.45) is 6.82. The first-order valence-electron chi connectivity index (χ1n) is 6.66. The third kappa shape index (κ3) is 4.28. The number of hydrogen-bond donors (Lipinski definition) is 1. The fraction of sp³-hybridized carbons (Fsp3) is 0.222. The Morgan fingerprint density at radius 3 is 2.68 bits per heavy atom. The van der Waals surface area contributed by atoms with Gasteiger partial charge in [0.2, 0.25) is 0 Å². The maximum Gasteiger partial charge on any atom is 0.0431 e. The van der Waals surface area contributed by atoms with Crippen molar-refractivity contribution in [2.45, 2.75) is 19.3 Å². The van der Waals surface area contributed by atoms with Gasteiger partial charge in [0.1, 0.15) is 0 Å². The van der Waals surface area contributed by atoms with Crippen molar-refractivity contribution in [3.63, 3.8) is 0 Å². The number of unbranched alkanes of at least 4 members (excludes halogenated alkanes) is 2. The molecule has 1 N–H and O–H groups in total. The molecule has 0 fully saturated rings. The van der Waals surface area contributed by atoms with Gasteiger partial charge >= 0.3 is 0 Å². The molecule has 1 heteroatoms. The lowest BCUT2D eigenvalue weighted by Gasteiger charge is -1.96. The molecule has 0 spiro atoms. The second kappa shape index (κ2) is 7.41. The second-order valence-electron chi connectivity index (χ2n) is 4.45. The average molecular weight is 250 g/mol. The minimum absolute atomic E-state index is 0.274. The molecule has 0 heterocycles. The number of aliphatic hydroxyl groups is 1. The van der Waals surface area contributed by atoms with E-state index in [9.17, 15) is 0 Å². The Morgan fingerprint density at radius 1 is 1.00 bits per heavy atom. The number of benzene rings is 2. The van der Waals surface area contributed by atoms with Crippen molar-refractivity contribution < 1.29 is 5.11 Å². The molecule has 0 aliphatic rings.